The second-order valence-electron chi connectivity index (χ2n) is 7.68. The van der Waals surface area contributed by atoms with Crippen LogP contribution in [0.25, 0.3) is 11.0 Å². The van der Waals surface area contributed by atoms with Gasteiger partial charge in [0, 0.05) is 11.9 Å². The zero-order valence-electron chi connectivity index (χ0n) is 16.8. The maximum absolute atomic E-state index is 12.9. The van der Waals surface area contributed by atoms with Crippen molar-refractivity contribution in [3.8, 4) is 0 Å². The van der Waals surface area contributed by atoms with E-state index in [-0.39, 0.29) is 17.9 Å². The zero-order valence-corrected chi connectivity index (χ0v) is 18.4. The number of thiophene rings is 1. The predicted octanol–water partition coefficient (Wildman–Crippen LogP) is 4.68. The van der Waals surface area contributed by atoms with Gasteiger partial charge in [-0.15, -0.1) is 11.3 Å². The fraction of sp³-hybridized carbons (Fsp3) is 0.318. The molecular weight excluding hydrogens is 436 g/mol. The van der Waals surface area contributed by atoms with Crippen molar-refractivity contribution in [3.05, 3.63) is 52.2 Å². The van der Waals surface area contributed by atoms with Gasteiger partial charge in [-0.3, -0.25) is 14.9 Å². The molecule has 2 aromatic heterocycles. The lowest BCUT2D eigenvalue weighted by Gasteiger charge is -2.26. The fourth-order valence-electron chi connectivity index (χ4n) is 3.88. The molecule has 2 heterocycles. The number of hydrogen-bond donors (Lipinski definition) is 3. The first-order chi connectivity index (χ1) is 14.9. The number of carbonyl (C=O) groups is 2. The molecule has 1 aliphatic carbocycles. The molecule has 3 N–H and O–H groups in total. The van der Waals surface area contributed by atoms with E-state index >= 15 is 0 Å². The first-order valence-corrected chi connectivity index (χ1v) is 11.4. The number of benzene rings is 1. The summed E-state index contributed by atoms with van der Waals surface area (Å²) in [5.41, 5.74) is 2.04. The first kappa shape index (κ1) is 21.5. The highest BCUT2D eigenvalue weighted by molar-refractivity contribution is 7.12. The number of halogens is 1. The number of anilines is 2. The van der Waals surface area contributed by atoms with Crippen molar-refractivity contribution in [1.82, 2.24) is 9.55 Å². The third kappa shape index (κ3) is 4.81. The Kier molecular flexibility index (Phi) is 6.41. The number of aliphatic hydroxyl groups excluding tert-OH is 1. The molecule has 4 rings (SSSR count). The van der Waals surface area contributed by atoms with Crippen molar-refractivity contribution in [2.24, 2.45) is 5.92 Å². The number of nitrogens with one attached hydrogen (secondary N) is 2. The highest BCUT2D eigenvalue weighted by Crippen LogP contribution is 2.32. The molecular formula is C22H23ClN4O3S. The van der Waals surface area contributed by atoms with Crippen LogP contribution in [-0.4, -0.2) is 32.6 Å². The molecule has 162 valence electrons. The van der Waals surface area contributed by atoms with E-state index < -0.39 is 0 Å². The van der Waals surface area contributed by atoms with E-state index in [9.17, 15) is 14.7 Å². The second kappa shape index (κ2) is 9.21. The molecule has 0 saturated heterocycles. The van der Waals surface area contributed by atoms with Gasteiger partial charge in [-0.2, -0.15) is 0 Å². The van der Waals surface area contributed by atoms with E-state index in [4.69, 9.17) is 11.6 Å². The van der Waals surface area contributed by atoms with Crippen molar-refractivity contribution < 1.29 is 14.7 Å². The molecule has 2 amide bonds. The molecule has 0 atom stereocenters. The van der Waals surface area contributed by atoms with Gasteiger partial charge < -0.3 is 15.0 Å². The summed E-state index contributed by atoms with van der Waals surface area (Å²) in [5.74, 6) is 0.161. The lowest BCUT2D eigenvalue weighted by Crippen LogP contribution is -2.23. The molecule has 0 bridgehead atoms. The lowest BCUT2D eigenvalue weighted by molar-refractivity contribution is -0.111. The molecule has 7 nitrogen and oxygen atoms in total. The number of hydrogen-bond acceptors (Lipinski definition) is 5. The van der Waals surface area contributed by atoms with Gasteiger partial charge in [0.15, 0.2) is 0 Å². The molecule has 0 unspecified atom stereocenters. The normalized spacial score (nSPS) is 18.6. The minimum absolute atomic E-state index is 0.229. The van der Waals surface area contributed by atoms with Gasteiger partial charge in [-0.25, -0.2) is 4.98 Å². The van der Waals surface area contributed by atoms with Crippen LogP contribution in [0.4, 0.5) is 11.6 Å². The summed E-state index contributed by atoms with van der Waals surface area (Å²) in [6.07, 6.45) is 4.33. The van der Waals surface area contributed by atoms with Crippen LogP contribution in [0, 0.1) is 5.92 Å². The smallest absolute Gasteiger partial charge is 0.268 e. The molecule has 31 heavy (non-hydrogen) atoms. The monoisotopic (exact) mass is 458 g/mol. The van der Waals surface area contributed by atoms with Crippen LogP contribution in [0.1, 0.15) is 35.4 Å². The summed E-state index contributed by atoms with van der Waals surface area (Å²) in [7, 11) is 0. The summed E-state index contributed by atoms with van der Waals surface area (Å²) in [5, 5.41) is 17.6. The number of amides is 2. The van der Waals surface area contributed by atoms with Crippen molar-refractivity contribution in [2.75, 3.05) is 10.6 Å². The Balaban J connectivity index is 1.59. The number of aliphatic hydroxyl groups is 1. The number of carbonyl (C=O) groups excluding carboxylic acids is 2. The Morgan fingerprint density at radius 1 is 1.29 bits per heavy atom. The number of imidazole rings is 1. The average Bonchev–Trinajstić information content (AvgIpc) is 3.35. The first-order valence-electron chi connectivity index (χ1n) is 10.1. The van der Waals surface area contributed by atoms with E-state index in [1.807, 2.05) is 22.8 Å². The third-order valence-electron chi connectivity index (χ3n) is 5.48. The lowest BCUT2D eigenvalue weighted by atomic mass is 9.87. The van der Waals surface area contributed by atoms with Crippen LogP contribution in [0.15, 0.2) is 42.3 Å². The summed E-state index contributed by atoms with van der Waals surface area (Å²) in [4.78, 5) is 29.4. The van der Waals surface area contributed by atoms with Crippen LogP contribution >= 0.6 is 22.9 Å². The highest BCUT2D eigenvalue weighted by Gasteiger charge is 2.24. The number of rotatable bonds is 6. The van der Waals surface area contributed by atoms with Crippen molar-refractivity contribution >= 4 is 57.4 Å². The van der Waals surface area contributed by atoms with Crippen molar-refractivity contribution in [2.45, 2.75) is 38.3 Å². The number of fused-ring (bicyclic) bond motifs is 1. The largest absolute Gasteiger partial charge is 0.393 e. The molecule has 0 radical (unpaired) electrons. The quantitative estimate of drug-likeness (QED) is 0.467. The second-order valence-corrected chi connectivity index (χ2v) is 8.99. The SMILES string of the molecule is C=CC(=O)Nc1csc(C(=O)Nc2nc3cccc(Cl)c3n2C[C@H]2CC[C@H](O)CC2)c1. The molecule has 3 aromatic rings. The predicted molar refractivity (Wildman–Crippen MR) is 124 cm³/mol. The van der Waals surface area contributed by atoms with Crippen LogP contribution in [0.5, 0.6) is 0 Å². The zero-order chi connectivity index (χ0) is 22.0. The summed E-state index contributed by atoms with van der Waals surface area (Å²) in [6.45, 7) is 4.08. The molecule has 1 saturated carbocycles. The molecule has 0 aliphatic heterocycles. The minimum Gasteiger partial charge on any atom is -0.393 e. The maximum atomic E-state index is 12.9. The molecule has 9 heteroatoms. The van der Waals surface area contributed by atoms with Crippen LogP contribution < -0.4 is 10.6 Å². The van der Waals surface area contributed by atoms with Crippen LogP contribution in [0.3, 0.4) is 0 Å². The fourth-order valence-corrected chi connectivity index (χ4v) is 4.88. The van der Waals surface area contributed by atoms with Gasteiger partial charge >= 0.3 is 0 Å². The maximum Gasteiger partial charge on any atom is 0.268 e. The Morgan fingerprint density at radius 3 is 2.81 bits per heavy atom. The third-order valence-corrected chi connectivity index (χ3v) is 6.71. The number of aromatic nitrogens is 2. The van der Waals surface area contributed by atoms with E-state index in [2.05, 4.69) is 22.2 Å². The molecule has 1 aromatic carbocycles. The molecule has 1 aliphatic rings. The van der Waals surface area contributed by atoms with Crippen LogP contribution in [0.2, 0.25) is 5.02 Å². The Labute approximate surface area is 188 Å². The molecule has 1 fully saturated rings. The molecule has 0 spiro atoms. The summed E-state index contributed by atoms with van der Waals surface area (Å²) in [6, 6.07) is 7.13. The Hall–Kier alpha value is -2.68. The van der Waals surface area contributed by atoms with Gasteiger partial charge in [0.2, 0.25) is 11.9 Å². The van der Waals surface area contributed by atoms with Gasteiger partial charge in [-0.1, -0.05) is 24.2 Å². The summed E-state index contributed by atoms with van der Waals surface area (Å²) < 4.78 is 1.96. The summed E-state index contributed by atoms with van der Waals surface area (Å²) >= 11 is 7.70. The number of nitrogens with zero attached hydrogens (tertiary/aromatic N) is 2. The topological polar surface area (TPSA) is 96.3 Å². The van der Waals surface area contributed by atoms with E-state index in [1.54, 1.807) is 11.4 Å². The standard InChI is InChI=1S/C22H23ClN4O3S/c1-2-19(29)24-14-10-18(31-12-14)21(30)26-22-25-17-5-3-4-16(23)20(17)27(22)11-13-6-8-15(28)9-7-13/h2-5,10,12-13,15,28H,1,6-9,11H2,(H,24,29)(H,25,26,30)/t13-,15-. The van der Waals surface area contributed by atoms with Gasteiger partial charge in [-0.05, 0) is 55.9 Å². The van der Waals surface area contributed by atoms with E-state index in [0.29, 0.717) is 39.5 Å². The van der Waals surface area contributed by atoms with E-state index in [0.717, 1.165) is 31.2 Å². The Morgan fingerprint density at radius 2 is 2.06 bits per heavy atom. The van der Waals surface area contributed by atoms with E-state index in [1.165, 1.54) is 17.4 Å². The van der Waals surface area contributed by atoms with Crippen molar-refractivity contribution in [1.29, 1.82) is 0 Å². The Bertz CT molecular complexity index is 1130. The number of para-hydroxylation sites is 1. The van der Waals surface area contributed by atoms with Crippen molar-refractivity contribution in [3.63, 3.8) is 0 Å². The van der Waals surface area contributed by atoms with Crippen LogP contribution in [-0.2, 0) is 11.3 Å². The van der Waals surface area contributed by atoms with Gasteiger partial charge in [0.05, 0.1) is 32.7 Å². The highest BCUT2D eigenvalue weighted by atomic mass is 35.5. The van der Waals surface area contributed by atoms with Gasteiger partial charge in [0.25, 0.3) is 5.91 Å². The van der Waals surface area contributed by atoms with Gasteiger partial charge in [0.1, 0.15) is 0 Å². The minimum atomic E-state index is -0.334. The average molecular weight is 459 g/mol.